The number of primary amides is 1. The zero-order valence-corrected chi connectivity index (χ0v) is 12.7. The van der Waals surface area contributed by atoms with Gasteiger partial charge in [0.1, 0.15) is 6.04 Å². The fourth-order valence-corrected chi connectivity index (χ4v) is 2.78. The lowest BCUT2D eigenvalue weighted by Gasteiger charge is -2.33. The molecule has 0 aliphatic heterocycles. The van der Waals surface area contributed by atoms with Gasteiger partial charge < -0.3 is 16.2 Å². The van der Waals surface area contributed by atoms with Crippen molar-refractivity contribution in [2.45, 2.75) is 18.9 Å². The standard InChI is InChI=1S/C14H15BrN2O4/c15-8-3-1-2-7(6-8)11(12(16)18)17-13(19)9-4-5-10(9)14(20)21/h1-3,6,9-11H,4-5H2,(H2,16,18)(H,17,19)(H,20,21). The minimum atomic E-state index is -0.987. The normalized spacial score (nSPS) is 22.0. The Morgan fingerprint density at radius 1 is 1.29 bits per heavy atom. The molecule has 1 fully saturated rings. The molecule has 6 nitrogen and oxygen atoms in total. The van der Waals surface area contributed by atoms with E-state index >= 15 is 0 Å². The summed E-state index contributed by atoms with van der Waals surface area (Å²) < 4.78 is 0.757. The molecule has 1 aliphatic rings. The SMILES string of the molecule is NC(=O)C(NC(=O)C1CCC1C(=O)O)c1cccc(Br)c1. The molecule has 2 rings (SSSR count). The van der Waals surface area contributed by atoms with Gasteiger partial charge in [0.25, 0.3) is 0 Å². The number of amides is 2. The molecule has 21 heavy (non-hydrogen) atoms. The number of rotatable bonds is 5. The summed E-state index contributed by atoms with van der Waals surface area (Å²) in [4.78, 5) is 34.6. The van der Waals surface area contributed by atoms with Crippen molar-refractivity contribution in [3.8, 4) is 0 Å². The molecule has 0 aromatic heterocycles. The zero-order valence-electron chi connectivity index (χ0n) is 11.1. The Balaban J connectivity index is 2.12. The molecule has 2 amide bonds. The molecule has 0 radical (unpaired) electrons. The second-order valence-electron chi connectivity index (χ2n) is 5.03. The van der Waals surface area contributed by atoms with E-state index in [9.17, 15) is 14.4 Å². The van der Waals surface area contributed by atoms with Crippen LogP contribution < -0.4 is 11.1 Å². The molecule has 0 spiro atoms. The zero-order chi connectivity index (χ0) is 15.6. The summed E-state index contributed by atoms with van der Waals surface area (Å²) >= 11 is 3.29. The highest BCUT2D eigenvalue weighted by molar-refractivity contribution is 9.10. The summed E-state index contributed by atoms with van der Waals surface area (Å²) in [5, 5.41) is 11.5. The monoisotopic (exact) mass is 354 g/mol. The molecule has 7 heteroatoms. The summed E-state index contributed by atoms with van der Waals surface area (Å²) in [5.41, 5.74) is 5.89. The largest absolute Gasteiger partial charge is 0.481 e. The Morgan fingerprint density at radius 3 is 2.43 bits per heavy atom. The van der Waals surface area contributed by atoms with Crippen molar-refractivity contribution in [1.29, 1.82) is 0 Å². The maximum absolute atomic E-state index is 12.1. The van der Waals surface area contributed by atoms with Crippen LogP contribution in [0.15, 0.2) is 28.7 Å². The molecule has 3 unspecified atom stereocenters. The third kappa shape index (κ3) is 3.41. The van der Waals surface area contributed by atoms with Gasteiger partial charge in [-0.3, -0.25) is 14.4 Å². The second kappa shape index (κ2) is 6.26. The van der Waals surface area contributed by atoms with E-state index in [4.69, 9.17) is 10.8 Å². The molecule has 1 saturated carbocycles. The highest BCUT2D eigenvalue weighted by Gasteiger charge is 2.42. The third-order valence-electron chi connectivity index (χ3n) is 3.68. The van der Waals surface area contributed by atoms with Crippen LogP contribution in [-0.4, -0.2) is 22.9 Å². The molecule has 1 aromatic rings. The van der Waals surface area contributed by atoms with E-state index in [1.807, 2.05) is 0 Å². The average molecular weight is 355 g/mol. The number of hydrogen-bond acceptors (Lipinski definition) is 3. The van der Waals surface area contributed by atoms with Crippen molar-refractivity contribution < 1.29 is 19.5 Å². The number of aliphatic carboxylic acids is 1. The van der Waals surface area contributed by atoms with Crippen molar-refractivity contribution in [3.05, 3.63) is 34.3 Å². The number of halogens is 1. The third-order valence-corrected chi connectivity index (χ3v) is 4.17. The van der Waals surface area contributed by atoms with Gasteiger partial charge in [0.2, 0.25) is 11.8 Å². The van der Waals surface area contributed by atoms with E-state index in [-0.39, 0.29) is 0 Å². The van der Waals surface area contributed by atoms with Gasteiger partial charge in [0.05, 0.1) is 11.8 Å². The first-order valence-electron chi connectivity index (χ1n) is 6.48. The van der Waals surface area contributed by atoms with Gasteiger partial charge in [-0.1, -0.05) is 28.1 Å². The van der Waals surface area contributed by atoms with Crippen molar-refractivity contribution in [3.63, 3.8) is 0 Å². The summed E-state index contributed by atoms with van der Waals surface area (Å²) in [6.07, 6.45) is 0.984. The molecule has 1 aromatic carbocycles. The molecule has 112 valence electrons. The van der Waals surface area contributed by atoms with E-state index in [0.29, 0.717) is 18.4 Å². The highest BCUT2D eigenvalue weighted by atomic mass is 79.9. The Labute approximate surface area is 129 Å². The van der Waals surface area contributed by atoms with Gasteiger partial charge in [0, 0.05) is 4.47 Å². The first-order valence-corrected chi connectivity index (χ1v) is 7.27. The van der Waals surface area contributed by atoms with Gasteiger partial charge in [-0.2, -0.15) is 0 Å². The van der Waals surface area contributed by atoms with Crippen LogP contribution in [0.25, 0.3) is 0 Å². The number of benzene rings is 1. The molecule has 0 saturated heterocycles. The van der Waals surface area contributed by atoms with Gasteiger partial charge in [-0.15, -0.1) is 0 Å². The number of carboxylic acid groups (broad SMARTS) is 1. The van der Waals surface area contributed by atoms with Gasteiger partial charge in [-0.05, 0) is 30.5 Å². The molecular formula is C14H15BrN2O4. The summed E-state index contributed by atoms with van der Waals surface area (Å²) in [7, 11) is 0. The van der Waals surface area contributed by atoms with Crippen molar-refractivity contribution >= 4 is 33.7 Å². The fraction of sp³-hybridized carbons (Fsp3) is 0.357. The summed E-state index contributed by atoms with van der Waals surface area (Å²) in [6.45, 7) is 0. The fourth-order valence-electron chi connectivity index (χ4n) is 2.36. The lowest BCUT2D eigenvalue weighted by atomic mass is 9.73. The number of nitrogens with two attached hydrogens (primary N) is 1. The van der Waals surface area contributed by atoms with Crippen LogP contribution in [0, 0.1) is 11.8 Å². The molecule has 1 aliphatic carbocycles. The molecule has 0 heterocycles. The summed E-state index contributed by atoms with van der Waals surface area (Å²) in [6, 6.07) is 5.91. The number of nitrogens with one attached hydrogen (secondary N) is 1. The smallest absolute Gasteiger partial charge is 0.307 e. The maximum atomic E-state index is 12.1. The number of carbonyl (C=O) groups excluding carboxylic acids is 2. The van der Waals surface area contributed by atoms with Crippen LogP contribution in [-0.2, 0) is 14.4 Å². The predicted octanol–water partition coefficient (Wildman–Crippen LogP) is 1.20. The van der Waals surface area contributed by atoms with Crippen molar-refractivity contribution in [1.82, 2.24) is 5.32 Å². The predicted molar refractivity (Wildman–Crippen MR) is 78.1 cm³/mol. The van der Waals surface area contributed by atoms with E-state index in [1.54, 1.807) is 24.3 Å². The first-order chi connectivity index (χ1) is 9.90. The van der Waals surface area contributed by atoms with Crippen LogP contribution in [0.2, 0.25) is 0 Å². The van der Waals surface area contributed by atoms with Gasteiger partial charge >= 0.3 is 5.97 Å². The summed E-state index contributed by atoms with van der Waals surface area (Å²) in [5.74, 6) is -3.40. The Bertz CT molecular complexity index is 590. The van der Waals surface area contributed by atoms with Crippen LogP contribution >= 0.6 is 15.9 Å². The van der Waals surface area contributed by atoms with E-state index in [1.165, 1.54) is 0 Å². The minimum absolute atomic E-state index is 0.447. The average Bonchev–Trinajstić information content (AvgIpc) is 2.33. The van der Waals surface area contributed by atoms with Gasteiger partial charge in [-0.25, -0.2) is 0 Å². The van der Waals surface area contributed by atoms with Gasteiger partial charge in [0.15, 0.2) is 0 Å². The van der Waals surface area contributed by atoms with E-state index in [2.05, 4.69) is 21.2 Å². The second-order valence-corrected chi connectivity index (χ2v) is 5.94. The first kappa shape index (κ1) is 15.5. The van der Waals surface area contributed by atoms with Crippen LogP contribution in [0.4, 0.5) is 0 Å². The Hall–Kier alpha value is -1.89. The highest BCUT2D eigenvalue weighted by Crippen LogP contribution is 2.35. The minimum Gasteiger partial charge on any atom is -0.481 e. The van der Waals surface area contributed by atoms with E-state index < -0.39 is 35.7 Å². The van der Waals surface area contributed by atoms with Crippen LogP contribution in [0.3, 0.4) is 0 Å². The number of carbonyl (C=O) groups is 3. The Kier molecular flexibility index (Phi) is 4.62. The number of carboxylic acids is 1. The number of hydrogen-bond donors (Lipinski definition) is 3. The molecule has 4 N–H and O–H groups in total. The van der Waals surface area contributed by atoms with Crippen LogP contribution in [0.5, 0.6) is 0 Å². The molecule has 3 atom stereocenters. The molecule has 0 bridgehead atoms. The topological polar surface area (TPSA) is 109 Å². The lowest BCUT2D eigenvalue weighted by molar-refractivity contribution is -0.153. The van der Waals surface area contributed by atoms with Crippen molar-refractivity contribution in [2.75, 3.05) is 0 Å². The lowest BCUT2D eigenvalue weighted by Crippen LogP contribution is -2.47. The van der Waals surface area contributed by atoms with Crippen molar-refractivity contribution in [2.24, 2.45) is 17.6 Å². The van der Waals surface area contributed by atoms with E-state index in [0.717, 1.165) is 4.47 Å². The quantitative estimate of drug-likeness (QED) is 0.737. The maximum Gasteiger partial charge on any atom is 0.307 e. The Morgan fingerprint density at radius 2 is 1.95 bits per heavy atom. The van der Waals surface area contributed by atoms with Crippen LogP contribution in [0.1, 0.15) is 24.4 Å². The molecular weight excluding hydrogens is 340 g/mol.